The van der Waals surface area contributed by atoms with E-state index in [9.17, 15) is 18.4 Å². The summed E-state index contributed by atoms with van der Waals surface area (Å²) < 4.78 is 44.1. The average molecular weight is 435 g/mol. The quantitative estimate of drug-likeness (QED) is 0.407. The summed E-state index contributed by atoms with van der Waals surface area (Å²) in [6.45, 7) is 0.808. The van der Waals surface area contributed by atoms with Crippen LogP contribution in [0.4, 0.5) is 8.78 Å². The zero-order valence-corrected chi connectivity index (χ0v) is 16.9. The van der Waals surface area contributed by atoms with E-state index in [-0.39, 0.29) is 24.5 Å². The lowest BCUT2D eigenvalue weighted by molar-refractivity contribution is -0.124. The third-order valence-corrected chi connectivity index (χ3v) is 3.97. The van der Waals surface area contributed by atoms with Crippen molar-refractivity contribution < 1.29 is 37.3 Å². The smallest absolute Gasteiger partial charge is 0.387 e. The largest absolute Gasteiger partial charge is 0.493 e. The minimum atomic E-state index is -2.88. The minimum absolute atomic E-state index is 0.0617. The molecule has 0 saturated carbocycles. The number of hydrogen-bond donors (Lipinski definition) is 1. The van der Waals surface area contributed by atoms with E-state index in [0.29, 0.717) is 17.9 Å². The Hall–Kier alpha value is -3.62. The van der Waals surface area contributed by atoms with Crippen LogP contribution in [0.2, 0.25) is 0 Å². The molecule has 0 aliphatic rings. The van der Waals surface area contributed by atoms with Crippen molar-refractivity contribution in [3.63, 3.8) is 0 Å². The summed E-state index contributed by atoms with van der Waals surface area (Å²) in [6.07, 6.45) is 2.05. The van der Waals surface area contributed by atoms with E-state index in [1.165, 1.54) is 31.4 Å². The van der Waals surface area contributed by atoms with E-state index in [1.54, 1.807) is 24.3 Å². The molecule has 0 radical (unpaired) electrons. The van der Waals surface area contributed by atoms with Gasteiger partial charge >= 0.3 is 12.6 Å². The molecule has 0 spiro atoms. The second kappa shape index (κ2) is 12.2. The third kappa shape index (κ3) is 7.96. The van der Waals surface area contributed by atoms with E-state index in [0.717, 1.165) is 5.56 Å². The van der Waals surface area contributed by atoms with E-state index < -0.39 is 25.1 Å². The summed E-state index contributed by atoms with van der Waals surface area (Å²) in [5.41, 5.74) is 1.03. The lowest BCUT2D eigenvalue weighted by Crippen LogP contribution is -2.30. The first-order valence-corrected chi connectivity index (χ1v) is 9.32. The predicted octanol–water partition coefficient (Wildman–Crippen LogP) is 3.38. The van der Waals surface area contributed by atoms with Crippen LogP contribution >= 0.6 is 0 Å². The minimum Gasteiger partial charge on any atom is -0.493 e. The van der Waals surface area contributed by atoms with Crippen LogP contribution in [0.3, 0.4) is 0 Å². The van der Waals surface area contributed by atoms with Crippen molar-refractivity contribution in [2.75, 3.05) is 26.9 Å². The number of halogens is 2. The SMILES string of the molecule is C=CCOc1ccc(C(=O)OCC(=O)NCCc2ccc(OC(F)F)cc2)cc1OC. The van der Waals surface area contributed by atoms with Crippen LogP contribution in [0.1, 0.15) is 15.9 Å². The number of carbonyl (C=O) groups is 2. The number of benzene rings is 2. The van der Waals surface area contributed by atoms with E-state index in [2.05, 4.69) is 16.6 Å². The molecule has 0 atom stereocenters. The summed E-state index contributed by atoms with van der Waals surface area (Å²) in [5, 5.41) is 2.62. The average Bonchev–Trinajstić information content (AvgIpc) is 2.76. The van der Waals surface area contributed by atoms with E-state index in [1.807, 2.05) is 0 Å². The third-order valence-electron chi connectivity index (χ3n) is 3.97. The predicted molar refractivity (Wildman–Crippen MR) is 109 cm³/mol. The molecule has 0 aromatic heterocycles. The maximum Gasteiger partial charge on any atom is 0.387 e. The van der Waals surface area contributed by atoms with Crippen molar-refractivity contribution >= 4 is 11.9 Å². The number of rotatable bonds is 12. The lowest BCUT2D eigenvalue weighted by atomic mass is 10.1. The molecular formula is C22H23F2NO6. The molecule has 166 valence electrons. The zero-order chi connectivity index (χ0) is 22.6. The lowest BCUT2D eigenvalue weighted by Gasteiger charge is -2.11. The van der Waals surface area contributed by atoms with Gasteiger partial charge in [-0.25, -0.2) is 4.79 Å². The number of methoxy groups -OCH3 is 1. The van der Waals surface area contributed by atoms with Crippen LogP contribution in [0.15, 0.2) is 55.1 Å². The van der Waals surface area contributed by atoms with Gasteiger partial charge in [-0.15, -0.1) is 0 Å². The van der Waals surface area contributed by atoms with Gasteiger partial charge in [-0.1, -0.05) is 24.8 Å². The van der Waals surface area contributed by atoms with Crippen molar-refractivity contribution in [1.29, 1.82) is 0 Å². The molecule has 31 heavy (non-hydrogen) atoms. The van der Waals surface area contributed by atoms with Crippen LogP contribution in [0.25, 0.3) is 0 Å². The van der Waals surface area contributed by atoms with Crippen molar-refractivity contribution in [3.8, 4) is 17.2 Å². The molecule has 0 saturated heterocycles. The topological polar surface area (TPSA) is 83.1 Å². The van der Waals surface area contributed by atoms with Gasteiger partial charge < -0.3 is 24.3 Å². The highest BCUT2D eigenvalue weighted by atomic mass is 19.3. The van der Waals surface area contributed by atoms with Crippen LogP contribution < -0.4 is 19.5 Å². The van der Waals surface area contributed by atoms with Gasteiger partial charge in [-0.3, -0.25) is 4.79 Å². The van der Waals surface area contributed by atoms with E-state index >= 15 is 0 Å². The number of carbonyl (C=O) groups excluding carboxylic acids is 2. The Morgan fingerprint density at radius 2 is 1.87 bits per heavy atom. The molecule has 0 aliphatic carbocycles. The van der Waals surface area contributed by atoms with Gasteiger partial charge in [-0.2, -0.15) is 8.78 Å². The first-order valence-electron chi connectivity index (χ1n) is 9.32. The van der Waals surface area contributed by atoms with Gasteiger partial charge in [-0.05, 0) is 42.3 Å². The Morgan fingerprint density at radius 1 is 1.13 bits per heavy atom. The first kappa shape index (κ1) is 23.7. The van der Waals surface area contributed by atoms with Crippen molar-refractivity contribution in [2.24, 2.45) is 0 Å². The summed E-state index contributed by atoms with van der Waals surface area (Å²) in [6, 6.07) is 10.6. The van der Waals surface area contributed by atoms with Gasteiger partial charge in [0.2, 0.25) is 0 Å². The highest BCUT2D eigenvalue weighted by molar-refractivity contribution is 5.92. The maximum absolute atomic E-state index is 12.2. The molecule has 0 fully saturated rings. The first-order chi connectivity index (χ1) is 14.9. The number of hydrogen-bond acceptors (Lipinski definition) is 6. The molecule has 2 aromatic carbocycles. The summed E-state index contributed by atoms with van der Waals surface area (Å²) >= 11 is 0. The fraction of sp³-hybridized carbons (Fsp3) is 0.273. The highest BCUT2D eigenvalue weighted by Gasteiger charge is 2.14. The Bertz CT molecular complexity index is 886. The van der Waals surface area contributed by atoms with Crippen LogP contribution in [-0.2, 0) is 16.0 Å². The number of amides is 1. The molecule has 0 aliphatic heterocycles. The van der Waals surface area contributed by atoms with Gasteiger partial charge in [0.05, 0.1) is 12.7 Å². The molecule has 7 nitrogen and oxygen atoms in total. The second-order valence-corrected chi connectivity index (χ2v) is 6.16. The Balaban J connectivity index is 1.76. The van der Waals surface area contributed by atoms with Crippen LogP contribution in [0.5, 0.6) is 17.2 Å². The Labute approximate surface area is 178 Å². The molecule has 0 unspecified atom stereocenters. The molecule has 0 heterocycles. The Kier molecular flexibility index (Phi) is 9.28. The number of nitrogens with one attached hydrogen (secondary N) is 1. The van der Waals surface area contributed by atoms with E-state index in [4.69, 9.17) is 14.2 Å². The number of esters is 1. The van der Waals surface area contributed by atoms with Gasteiger partial charge in [0.15, 0.2) is 18.1 Å². The van der Waals surface area contributed by atoms with Gasteiger partial charge in [0.25, 0.3) is 5.91 Å². The maximum atomic E-state index is 12.2. The molecule has 1 N–H and O–H groups in total. The molecule has 2 aromatic rings. The number of alkyl halides is 2. The zero-order valence-electron chi connectivity index (χ0n) is 16.9. The second-order valence-electron chi connectivity index (χ2n) is 6.16. The van der Waals surface area contributed by atoms with Crippen molar-refractivity contribution in [3.05, 3.63) is 66.2 Å². The van der Waals surface area contributed by atoms with Crippen LogP contribution in [0, 0.1) is 0 Å². The monoisotopic (exact) mass is 435 g/mol. The molecule has 2 rings (SSSR count). The summed E-state index contributed by atoms with van der Waals surface area (Å²) in [7, 11) is 1.44. The highest BCUT2D eigenvalue weighted by Crippen LogP contribution is 2.28. The fourth-order valence-corrected chi connectivity index (χ4v) is 2.51. The van der Waals surface area contributed by atoms with Crippen molar-refractivity contribution in [1.82, 2.24) is 5.32 Å². The normalized spacial score (nSPS) is 10.3. The van der Waals surface area contributed by atoms with Gasteiger partial charge in [0.1, 0.15) is 12.4 Å². The molecule has 0 bridgehead atoms. The van der Waals surface area contributed by atoms with Gasteiger partial charge in [0, 0.05) is 6.54 Å². The molecular weight excluding hydrogens is 412 g/mol. The fourth-order valence-electron chi connectivity index (χ4n) is 2.51. The van der Waals surface area contributed by atoms with Crippen molar-refractivity contribution in [2.45, 2.75) is 13.0 Å². The van der Waals surface area contributed by atoms with Crippen LogP contribution in [-0.4, -0.2) is 45.4 Å². The Morgan fingerprint density at radius 3 is 2.52 bits per heavy atom. The standard InChI is InChI=1S/C22H23F2NO6/c1-3-12-29-18-9-6-16(13-19(18)28-2)21(27)30-14-20(26)25-11-10-15-4-7-17(8-5-15)31-22(23)24/h3-9,13,22H,1,10-12,14H2,2H3,(H,25,26). The summed E-state index contributed by atoms with van der Waals surface area (Å²) in [4.78, 5) is 24.1. The number of ether oxygens (including phenoxy) is 4. The molecule has 9 heteroatoms. The molecule has 1 amide bonds. The summed E-state index contributed by atoms with van der Waals surface area (Å²) in [5.74, 6) is -0.287.